The molecule has 5 nitrogen and oxygen atoms in total. The molecule has 1 aliphatic rings. The van der Waals surface area contributed by atoms with Crippen LogP contribution in [0, 0.1) is 0 Å². The van der Waals surface area contributed by atoms with Crippen LogP contribution in [0.4, 0.5) is 4.79 Å². The molecular formula is C21H23ClN2O3. The van der Waals surface area contributed by atoms with E-state index in [9.17, 15) is 14.7 Å². The number of aromatic hydroxyl groups is 1. The van der Waals surface area contributed by atoms with Gasteiger partial charge in [-0.1, -0.05) is 44.5 Å². The van der Waals surface area contributed by atoms with Crippen molar-refractivity contribution in [2.75, 3.05) is 0 Å². The largest absolute Gasteiger partial charge is 0.508 e. The molecule has 0 radical (unpaired) electrons. The number of phenolic OH excluding ortho intramolecular Hbond substituents is 1. The van der Waals surface area contributed by atoms with Crippen LogP contribution < -0.4 is 10.6 Å². The highest BCUT2D eigenvalue weighted by Gasteiger charge is 2.32. The zero-order valence-corrected chi connectivity index (χ0v) is 16.3. The lowest BCUT2D eigenvalue weighted by Gasteiger charge is -2.29. The Morgan fingerprint density at radius 3 is 2.41 bits per heavy atom. The topological polar surface area (TPSA) is 78.4 Å². The van der Waals surface area contributed by atoms with Crippen molar-refractivity contribution in [1.29, 1.82) is 0 Å². The number of carbonyl (C=O) groups excluding carboxylic acids is 2. The number of Topliss-reactive ketones (excluding diaryl/α,β-unsaturated/α-hetero) is 1. The number of halogens is 1. The van der Waals surface area contributed by atoms with E-state index in [0.717, 1.165) is 0 Å². The number of allylic oxidation sites excluding steroid dienone is 1. The van der Waals surface area contributed by atoms with Crippen LogP contribution >= 0.6 is 11.6 Å². The van der Waals surface area contributed by atoms with Gasteiger partial charge in [0.15, 0.2) is 5.78 Å². The predicted octanol–water partition coefficient (Wildman–Crippen LogP) is 4.97. The minimum Gasteiger partial charge on any atom is -0.508 e. The molecule has 0 spiro atoms. The molecule has 0 saturated heterocycles. The number of rotatable bonds is 4. The van der Waals surface area contributed by atoms with E-state index in [4.69, 9.17) is 11.6 Å². The normalized spacial score (nSPS) is 16.0. The van der Waals surface area contributed by atoms with Gasteiger partial charge >= 0.3 is 6.03 Å². The first-order valence-electron chi connectivity index (χ1n) is 8.89. The smallest absolute Gasteiger partial charge is 0.319 e. The Balaban J connectivity index is 0.00000126. The second-order valence-electron chi connectivity index (χ2n) is 5.71. The Morgan fingerprint density at radius 1 is 1.15 bits per heavy atom. The molecule has 1 atom stereocenters. The van der Waals surface area contributed by atoms with Crippen LogP contribution in [0.25, 0.3) is 0 Å². The van der Waals surface area contributed by atoms with Crippen LogP contribution in [0.1, 0.15) is 49.2 Å². The second kappa shape index (κ2) is 9.24. The van der Waals surface area contributed by atoms with Crippen molar-refractivity contribution in [2.24, 2.45) is 0 Å². The molecule has 142 valence electrons. The minimum absolute atomic E-state index is 0.0709. The second-order valence-corrected chi connectivity index (χ2v) is 6.14. The molecule has 0 saturated carbocycles. The highest BCUT2D eigenvalue weighted by atomic mass is 35.5. The highest BCUT2D eigenvalue weighted by Crippen LogP contribution is 2.32. The first-order chi connectivity index (χ1) is 13.0. The van der Waals surface area contributed by atoms with E-state index in [1.807, 2.05) is 20.8 Å². The molecule has 3 rings (SSSR count). The third-order valence-electron chi connectivity index (χ3n) is 4.06. The standard InChI is InChI=1S/C19H17ClN2O3.C2H6/c1-2-15-16(18(24)11-6-8-13(20)9-7-11)17(22-19(25)21-15)12-4-3-5-14(23)10-12;1-2/h3-10,17,23H,2H2,1H3,(H2,21,22,25);1-2H3. The molecule has 0 fully saturated rings. The Kier molecular flexibility index (Phi) is 7.02. The highest BCUT2D eigenvalue weighted by molar-refractivity contribution is 6.30. The molecule has 6 heteroatoms. The molecule has 27 heavy (non-hydrogen) atoms. The van der Waals surface area contributed by atoms with Gasteiger partial charge in [-0.15, -0.1) is 0 Å². The lowest BCUT2D eigenvalue weighted by atomic mass is 9.88. The SMILES string of the molecule is CC.CCC1=C(C(=O)c2ccc(Cl)cc2)C(c2cccc(O)c2)NC(=O)N1. The first kappa shape index (κ1) is 20.5. The fraction of sp³-hybridized carbons (Fsp3) is 0.238. The number of phenols is 1. The first-order valence-corrected chi connectivity index (χ1v) is 9.27. The average molecular weight is 387 g/mol. The molecule has 2 aromatic carbocycles. The van der Waals surface area contributed by atoms with Crippen molar-refractivity contribution in [3.8, 4) is 5.75 Å². The van der Waals surface area contributed by atoms with E-state index in [1.165, 1.54) is 6.07 Å². The molecule has 0 bridgehead atoms. The van der Waals surface area contributed by atoms with Crippen LogP contribution in [0.2, 0.25) is 5.02 Å². The lowest BCUT2D eigenvalue weighted by Crippen LogP contribution is -2.45. The summed E-state index contributed by atoms with van der Waals surface area (Å²) in [6, 6.07) is 12.1. The summed E-state index contributed by atoms with van der Waals surface area (Å²) in [6.07, 6.45) is 0.497. The quantitative estimate of drug-likeness (QED) is 0.649. The van der Waals surface area contributed by atoms with Crippen LogP contribution in [0.15, 0.2) is 59.8 Å². The summed E-state index contributed by atoms with van der Waals surface area (Å²) in [6.45, 7) is 5.87. The summed E-state index contributed by atoms with van der Waals surface area (Å²) in [4.78, 5) is 25.1. The lowest BCUT2D eigenvalue weighted by molar-refractivity contribution is 0.102. The summed E-state index contributed by atoms with van der Waals surface area (Å²) in [5, 5.41) is 15.8. The summed E-state index contributed by atoms with van der Waals surface area (Å²) in [7, 11) is 0. The molecule has 3 N–H and O–H groups in total. The summed E-state index contributed by atoms with van der Waals surface area (Å²) in [5.41, 5.74) is 2.14. The molecule has 2 amide bonds. The van der Waals surface area contributed by atoms with Crippen molar-refractivity contribution in [3.05, 3.63) is 76.0 Å². The minimum atomic E-state index is -0.640. The fourth-order valence-electron chi connectivity index (χ4n) is 2.88. The summed E-state index contributed by atoms with van der Waals surface area (Å²) in [5.74, 6) is -0.129. The third-order valence-corrected chi connectivity index (χ3v) is 4.31. The number of amides is 2. The maximum absolute atomic E-state index is 13.1. The van der Waals surface area contributed by atoms with Gasteiger partial charge in [0, 0.05) is 21.9 Å². The third kappa shape index (κ3) is 4.68. The van der Waals surface area contributed by atoms with Crippen LogP contribution in [-0.4, -0.2) is 16.9 Å². The van der Waals surface area contributed by atoms with Gasteiger partial charge in [-0.3, -0.25) is 4.79 Å². The van der Waals surface area contributed by atoms with Crippen molar-refractivity contribution >= 4 is 23.4 Å². The maximum Gasteiger partial charge on any atom is 0.319 e. The Bertz CT molecular complexity index is 860. The van der Waals surface area contributed by atoms with Crippen LogP contribution in [0.5, 0.6) is 5.75 Å². The van der Waals surface area contributed by atoms with Crippen molar-refractivity contribution in [3.63, 3.8) is 0 Å². The van der Waals surface area contributed by atoms with Gasteiger partial charge in [0.25, 0.3) is 0 Å². The molecule has 2 aromatic rings. The number of benzene rings is 2. The number of hydrogen-bond donors (Lipinski definition) is 3. The van der Waals surface area contributed by atoms with E-state index in [1.54, 1.807) is 42.5 Å². The fourth-order valence-corrected chi connectivity index (χ4v) is 3.00. The van der Waals surface area contributed by atoms with Crippen molar-refractivity contribution in [2.45, 2.75) is 33.2 Å². The average Bonchev–Trinajstić information content (AvgIpc) is 2.69. The number of hydrogen-bond acceptors (Lipinski definition) is 3. The van der Waals surface area contributed by atoms with Gasteiger partial charge < -0.3 is 15.7 Å². The zero-order chi connectivity index (χ0) is 20.0. The van der Waals surface area contributed by atoms with Gasteiger partial charge in [0.2, 0.25) is 0 Å². The zero-order valence-electron chi connectivity index (χ0n) is 15.5. The van der Waals surface area contributed by atoms with Gasteiger partial charge in [0.1, 0.15) is 5.75 Å². The van der Waals surface area contributed by atoms with E-state index in [2.05, 4.69) is 10.6 Å². The van der Waals surface area contributed by atoms with Gasteiger partial charge in [-0.25, -0.2) is 4.79 Å². The Hall–Kier alpha value is -2.79. The van der Waals surface area contributed by atoms with Gasteiger partial charge in [-0.2, -0.15) is 0 Å². The molecule has 0 aromatic heterocycles. The van der Waals surface area contributed by atoms with Crippen LogP contribution in [0.3, 0.4) is 0 Å². The Morgan fingerprint density at radius 2 is 1.81 bits per heavy atom. The molecule has 1 aliphatic heterocycles. The van der Waals surface area contributed by atoms with E-state index in [-0.39, 0.29) is 17.6 Å². The Labute approximate surface area is 164 Å². The van der Waals surface area contributed by atoms with Crippen molar-refractivity contribution in [1.82, 2.24) is 10.6 Å². The summed E-state index contributed by atoms with van der Waals surface area (Å²) < 4.78 is 0. The number of nitrogens with one attached hydrogen (secondary N) is 2. The van der Waals surface area contributed by atoms with E-state index in [0.29, 0.717) is 33.8 Å². The van der Waals surface area contributed by atoms with Gasteiger partial charge in [0.05, 0.1) is 6.04 Å². The van der Waals surface area contributed by atoms with Crippen molar-refractivity contribution < 1.29 is 14.7 Å². The van der Waals surface area contributed by atoms with Crippen LogP contribution in [-0.2, 0) is 0 Å². The number of urea groups is 1. The number of carbonyl (C=O) groups is 2. The molecule has 0 aliphatic carbocycles. The van der Waals surface area contributed by atoms with E-state index >= 15 is 0 Å². The summed E-state index contributed by atoms with van der Waals surface area (Å²) >= 11 is 5.90. The monoisotopic (exact) mass is 386 g/mol. The molecule has 1 unspecified atom stereocenters. The van der Waals surface area contributed by atoms with E-state index < -0.39 is 6.04 Å². The van der Waals surface area contributed by atoms with Gasteiger partial charge in [-0.05, 0) is 48.4 Å². The maximum atomic E-state index is 13.1. The molecule has 1 heterocycles. The predicted molar refractivity (Wildman–Crippen MR) is 107 cm³/mol. The number of ketones is 1. The molecular weight excluding hydrogens is 364 g/mol.